The number of aromatic nitrogens is 6. The van der Waals surface area contributed by atoms with Crippen LogP contribution in [0.1, 0.15) is 69.7 Å². The lowest BCUT2D eigenvalue weighted by atomic mass is 9.85. The second-order valence-corrected chi connectivity index (χ2v) is 15.0. The van der Waals surface area contributed by atoms with Crippen molar-refractivity contribution in [2.75, 3.05) is 36.0 Å². The first kappa shape index (κ1) is 35.9. The lowest BCUT2D eigenvalue weighted by molar-refractivity contribution is 0.0479. The Labute approximate surface area is 310 Å². The number of carbonyl (C=O) groups is 1. The van der Waals surface area contributed by atoms with Crippen LogP contribution < -0.4 is 20.9 Å². The van der Waals surface area contributed by atoms with E-state index < -0.39 is 5.60 Å². The first-order valence-corrected chi connectivity index (χ1v) is 18.6. The van der Waals surface area contributed by atoms with Crippen molar-refractivity contribution in [3.8, 4) is 0 Å². The molecule has 2 fully saturated rings. The molecular weight excluding hydrogens is 665 g/mol. The summed E-state index contributed by atoms with van der Waals surface area (Å²) < 4.78 is 5.53. The number of H-pyrrole nitrogens is 2. The van der Waals surface area contributed by atoms with E-state index in [1.165, 1.54) is 5.56 Å². The molecule has 8 rings (SSSR count). The van der Waals surface area contributed by atoms with Crippen molar-refractivity contribution in [1.29, 1.82) is 0 Å². The molecule has 2 aromatic carbocycles. The van der Waals surface area contributed by atoms with E-state index in [-0.39, 0.29) is 18.2 Å². The van der Waals surface area contributed by atoms with Gasteiger partial charge in [0.15, 0.2) is 0 Å². The molecule has 12 heteroatoms. The summed E-state index contributed by atoms with van der Waals surface area (Å²) in [7, 11) is 0. The van der Waals surface area contributed by atoms with Gasteiger partial charge in [0, 0.05) is 44.6 Å². The number of fused-ring (bicyclic) bond motifs is 2. The maximum Gasteiger partial charge on any atom is 0.408 e. The molecule has 0 spiro atoms. The van der Waals surface area contributed by atoms with E-state index >= 15 is 0 Å². The number of rotatable bonds is 7. The second-order valence-electron chi connectivity index (χ2n) is 15.0. The van der Waals surface area contributed by atoms with Gasteiger partial charge in [0.25, 0.3) is 0 Å². The number of nitrogens with one attached hydrogen (secondary N) is 3. The van der Waals surface area contributed by atoms with Crippen LogP contribution in [0.5, 0.6) is 0 Å². The zero-order valence-corrected chi connectivity index (χ0v) is 30.8. The highest BCUT2D eigenvalue weighted by Crippen LogP contribution is 2.35. The van der Waals surface area contributed by atoms with E-state index in [1.807, 2.05) is 69.6 Å². The average molecular weight is 715 g/mol. The molecule has 276 valence electrons. The second kappa shape index (κ2) is 16.0. The van der Waals surface area contributed by atoms with Gasteiger partial charge in [-0.1, -0.05) is 60.7 Å². The van der Waals surface area contributed by atoms with E-state index in [9.17, 15) is 4.79 Å². The Bertz CT molecular complexity index is 2060. The van der Waals surface area contributed by atoms with E-state index in [1.54, 1.807) is 12.7 Å². The molecule has 2 unspecified atom stereocenters. The predicted octanol–water partition coefficient (Wildman–Crippen LogP) is 7.31. The molecule has 0 radical (unpaired) electrons. The number of aromatic amines is 2. The Hall–Kier alpha value is -5.49. The topological polar surface area (TPSA) is 154 Å². The van der Waals surface area contributed by atoms with Crippen LogP contribution in [0, 0.1) is 11.8 Å². The number of nitrogens with zero attached hydrogens (tertiary/aromatic N) is 6. The minimum atomic E-state index is -0.524. The maximum absolute atomic E-state index is 12.5. The van der Waals surface area contributed by atoms with E-state index in [2.05, 4.69) is 81.4 Å². The highest BCUT2D eigenvalue weighted by Gasteiger charge is 2.31. The maximum atomic E-state index is 12.5. The van der Waals surface area contributed by atoms with Crippen molar-refractivity contribution >= 4 is 39.8 Å². The van der Waals surface area contributed by atoms with Crippen molar-refractivity contribution in [3.05, 3.63) is 109 Å². The van der Waals surface area contributed by atoms with Crippen LogP contribution in [-0.4, -0.2) is 67.8 Å². The molecule has 0 saturated carbocycles. The summed E-state index contributed by atoms with van der Waals surface area (Å²) in [5, 5.41) is 5.27. The Morgan fingerprint density at radius 3 is 1.68 bits per heavy atom. The van der Waals surface area contributed by atoms with Crippen LogP contribution in [0.25, 0.3) is 22.1 Å². The van der Waals surface area contributed by atoms with Gasteiger partial charge in [-0.25, -0.2) is 24.7 Å². The molecule has 6 aromatic rings. The number of hydrogen-bond acceptors (Lipinski definition) is 9. The number of hydrogen-bond donors (Lipinski definition) is 4. The number of carbonyl (C=O) groups excluding carboxylic acids is 1. The summed E-state index contributed by atoms with van der Waals surface area (Å²) >= 11 is 0. The fraction of sp³-hybridized carbons (Fsp3) is 0.390. The first-order chi connectivity index (χ1) is 25.7. The third-order valence-corrected chi connectivity index (χ3v) is 10.3. The average Bonchev–Trinajstić information content (AvgIpc) is 3.88. The van der Waals surface area contributed by atoms with E-state index in [0.29, 0.717) is 11.8 Å². The molecule has 2 aliphatic heterocycles. The SMILES string of the molecule is CC(C)(C)OC(=O)NC(c1ccccc1)C1CCN(c2ncnc3[nH]ccc23)CC1.NC(c1ccccc1)C1CCN(c2ncnc3[nH]ccc23)CC1. The third kappa shape index (κ3) is 8.60. The first-order valence-electron chi connectivity index (χ1n) is 18.6. The molecule has 2 aliphatic rings. The quantitative estimate of drug-likeness (QED) is 0.133. The standard InChI is InChI=1S/C23H29N5O2.C18H21N5/c1-23(2,3)30-22(29)27-19(16-7-5-4-6-8-16)17-10-13-28(14-11-17)21-18-9-12-24-20(18)25-15-26-21;19-16(13-4-2-1-3-5-13)14-7-10-23(11-8-14)18-15-6-9-20-17(15)21-12-22-18/h4-9,12,15,17,19H,10-11,13-14H2,1-3H3,(H,27,29)(H,24,25,26);1-6,9,12,14,16H,7-8,10-11,19H2,(H,20,21,22). The molecule has 1 amide bonds. The summed E-state index contributed by atoms with van der Waals surface area (Å²) in [6.07, 6.45) is 10.8. The molecule has 53 heavy (non-hydrogen) atoms. The zero-order chi connectivity index (χ0) is 36.8. The number of amides is 1. The van der Waals surface area contributed by atoms with Gasteiger partial charge in [0.1, 0.15) is 41.2 Å². The summed E-state index contributed by atoms with van der Waals surface area (Å²) in [5.74, 6) is 2.84. The summed E-state index contributed by atoms with van der Waals surface area (Å²) in [5.41, 5.74) is 10.1. The van der Waals surface area contributed by atoms with Crippen molar-refractivity contribution in [3.63, 3.8) is 0 Å². The fourth-order valence-corrected chi connectivity index (χ4v) is 7.65. The largest absolute Gasteiger partial charge is 0.444 e. The van der Waals surface area contributed by atoms with Gasteiger partial charge in [0.2, 0.25) is 0 Å². The number of piperidine rings is 2. The molecule has 4 aromatic heterocycles. The third-order valence-electron chi connectivity index (χ3n) is 10.3. The van der Waals surface area contributed by atoms with Crippen LogP contribution in [0.3, 0.4) is 0 Å². The molecule has 12 nitrogen and oxygen atoms in total. The van der Waals surface area contributed by atoms with Gasteiger partial charge in [-0.15, -0.1) is 0 Å². The zero-order valence-electron chi connectivity index (χ0n) is 30.8. The van der Waals surface area contributed by atoms with E-state index in [0.717, 1.165) is 91.1 Å². The van der Waals surface area contributed by atoms with Gasteiger partial charge in [-0.3, -0.25) is 0 Å². The van der Waals surface area contributed by atoms with Crippen LogP contribution in [0.4, 0.5) is 16.4 Å². The minimum absolute atomic E-state index is 0.0825. The summed E-state index contributed by atoms with van der Waals surface area (Å²) in [6, 6.07) is 24.7. The molecule has 0 bridgehead atoms. The molecule has 2 atom stereocenters. The van der Waals surface area contributed by atoms with Crippen molar-refractivity contribution in [2.24, 2.45) is 17.6 Å². The van der Waals surface area contributed by atoms with Crippen LogP contribution in [0.15, 0.2) is 97.8 Å². The fourth-order valence-electron chi connectivity index (χ4n) is 7.65. The van der Waals surface area contributed by atoms with Crippen molar-refractivity contribution < 1.29 is 9.53 Å². The van der Waals surface area contributed by atoms with Gasteiger partial charge < -0.3 is 35.6 Å². The highest BCUT2D eigenvalue weighted by molar-refractivity contribution is 5.88. The van der Waals surface area contributed by atoms with Gasteiger partial charge in [0.05, 0.1) is 16.8 Å². The number of ether oxygens (including phenoxy) is 1. The smallest absolute Gasteiger partial charge is 0.408 e. The number of alkyl carbamates (subject to hydrolysis) is 1. The van der Waals surface area contributed by atoms with Gasteiger partial charge in [-0.2, -0.15) is 0 Å². The number of nitrogens with two attached hydrogens (primary N) is 1. The highest BCUT2D eigenvalue weighted by atomic mass is 16.6. The Kier molecular flexibility index (Phi) is 10.9. The minimum Gasteiger partial charge on any atom is -0.444 e. The predicted molar refractivity (Wildman–Crippen MR) is 210 cm³/mol. The Morgan fingerprint density at radius 1 is 0.717 bits per heavy atom. The van der Waals surface area contributed by atoms with Gasteiger partial charge >= 0.3 is 6.09 Å². The summed E-state index contributed by atoms with van der Waals surface area (Å²) in [4.78, 5) is 41.1. The van der Waals surface area contributed by atoms with Crippen LogP contribution in [0.2, 0.25) is 0 Å². The lowest BCUT2D eigenvalue weighted by Crippen LogP contribution is -2.42. The molecule has 0 aliphatic carbocycles. The van der Waals surface area contributed by atoms with Crippen molar-refractivity contribution in [1.82, 2.24) is 35.2 Å². The lowest BCUT2D eigenvalue weighted by Gasteiger charge is -2.37. The number of benzene rings is 2. The normalized spacial score (nSPS) is 16.9. The number of anilines is 2. The van der Waals surface area contributed by atoms with E-state index in [4.69, 9.17) is 10.5 Å². The molecular formula is C41H50N10O2. The molecule has 6 heterocycles. The van der Waals surface area contributed by atoms with Crippen molar-refractivity contribution in [2.45, 2.75) is 64.1 Å². The monoisotopic (exact) mass is 714 g/mol. The van der Waals surface area contributed by atoms with Gasteiger partial charge in [-0.05, 0) is 81.5 Å². The van der Waals surface area contributed by atoms with Crippen LogP contribution in [-0.2, 0) is 4.74 Å². The Morgan fingerprint density at radius 2 is 1.19 bits per heavy atom. The van der Waals surface area contributed by atoms with Crippen LogP contribution >= 0.6 is 0 Å². The molecule has 2 saturated heterocycles. The Balaban J connectivity index is 0.000000170. The molecule has 5 N–H and O–H groups in total. The summed E-state index contributed by atoms with van der Waals surface area (Å²) in [6.45, 7) is 9.37.